The third kappa shape index (κ3) is 5.88. The molecule has 8 nitrogen and oxygen atoms in total. The topological polar surface area (TPSA) is 115 Å². The zero-order valence-electron chi connectivity index (χ0n) is 17.9. The van der Waals surface area contributed by atoms with Crippen LogP contribution in [0.25, 0.3) is 0 Å². The molecule has 0 aliphatic carbocycles. The molecule has 8 heteroatoms. The van der Waals surface area contributed by atoms with Gasteiger partial charge in [0.05, 0.1) is 23.8 Å². The SMILES string of the molecule is CCOC(=O)c1ccc(C(=O)Nc2ccc(CN3CCCC(C(N)=O)C3)cc2)nc1C. The second-order valence-corrected chi connectivity index (χ2v) is 7.68. The van der Waals surface area contributed by atoms with Crippen LogP contribution in [0.3, 0.4) is 0 Å². The van der Waals surface area contributed by atoms with Crippen LogP contribution in [0.1, 0.15) is 51.9 Å². The van der Waals surface area contributed by atoms with Gasteiger partial charge in [0.2, 0.25) is 5.91 Å². The van der Waals surface area contributed by atoms with Crippen LogP contribution in [0.4, 0.5) is 5.69 Å². The summed E-state index contributed by atoms with van der Waals surface area (Å²) in [5.74, 6) is -1.13. The van der Waals surface area contributed by atoms with Crippen LogP contribution < -0.4 is 11.1 Å². The summed E-state index contributed by atoms with van der Waals surface area (Å²) < 4.78 is 4.98. The van der Waals surface area contributed by atoms with Crippen LogP contribution in [0.2, 0.25) is 0 Å². The number of esters is 1. The smallest absolute Gasteiger partial charge is 0.339 e. The Balaban J connectivity index is 1.59. The van der Waals surface area contributed by atoms with Crippen molar-refractivity contribution in [3.8, 4) is 0 Å². The Morgan fingerprint density at radius 2 is 1.94 bits per heavy atom. The highest BCUT2D eigenvalue weighted by molar-refractivity contribution is 6.03. The molecule has 3 rings (SSSR count). The Bertz CT molecular complexity index is 959. The van der Waals surface area contributed by atoms with Gasteiger partial charge >= 0.3 is 5.97 Å². The largest absolute Gasteiger partial charge is 0.462 e. The van der Waals surface area contributed by atoms with Gasteiger partial charge in [-0.1, -0.05) is 12.1 Å². The number of aryl methyl sites for hydroxylation is 1. The van der Waals surface area contributed by atoms with Gasteiger partial charge in [-0.05, 0) is 63.1 Å². The second kappa shape index (κ2) is 10.2. The number of nitrogens with two attached hydrogens (primary N) is 1. The van der Waals surface area contributed by atoms with Crippen molar-refractivity contribution < 1.29 is 19.1 Å². The zero-order valence-corrected chi connectivity index (χ0v) is 17.9. The Morgan fingerprint density at radius 3 is 2.58 bits per heavy atom. The molecule has 3 N–H and O–H groups in total. The maximum absolute atomic E-state index is 12.5. The molecule has 2 heterocycles. The van der Waals surface area contributed by atoms with Crippen LogP contribution in [-0.4, -0.2) is 47.4 Å². The van der Waals surface area contributed by atoms with Crippen molar-refractivity contribution in [3.05, 3.63) is 58.9 Å². The van der Waals surface area contributed by atoms with Gasteiger partial charge in [-0.3, -0.25) is 14.5 Å². The van der Waals surface area contributed by atoms with E-state index in [1.807, 2.05) is 24.3 Å². The molecule has 1 atom stereocenters. The normalized spacial score (nSPS) is 16.5. The van der Waals surface area contributed by atoms with E-state index in [0.717, 1.165) is 31.5 Å². The van der Waals surface area contributed by atoms with Crippen molar-refractivity contribution >= 4 is 23.5 Å². The maximum atomic E-state index is 12.5. The number of nitrogens with one attached hydrogen (secondary N) is 1. The van der Waals surface area contributed by atoms with E-state index in [1.54, 1.807) is 19.9 Å². The first-order valence-corrected chi connectivity index (χ1v) is 10.4. The number of primary amides is 1. The van der Waals surface area contributed by atoms with E-state index in [-0.39, 0.29) is 30.0 Å². The minimum Gasteiger partial charge on any atom is -0.462 e. The number of amides is 2. The number of anilines is 1. The molecule has 1 unspecified atom stereocenters. The average molecular weight is 425 g/mol. The predicted octanol–water partition coefficient (Wildman–Crippen LogP) is 2.52. The Morgan fingerprint density at radius 1 is 1.19 bits per heavy atom. The van der Waals surface area contributed by atoms with E-state index in [2.05, 4.69) is 15.2 Å². The van der Waals surface area contributed by atoms with Gasteiger partial charge in [-0.2, -0.15) is 0 Å². The molecule has 1 aliphatic rings. The molecule has 0 saturated carbocycles. The molecule has 1 aromatic heterocycles. The van der Waals surface area contributed by atoms with Crippen molar-refractivity contribution in [3.63, 3.8) is 0 Å². The Kier molecular flexibility index (Phi) is 7.36. The van der Waals surface area contributed by atoms with Crippen LogP contribution >= 0.6 is 0 Å². The van der Waals surface area contributed by atoms with E-state index in [0.29, 0.717) is 23.5 Å². The lowest BCUT2D eigenvalue weighted by molar-refractivity contribution is -0.123. The lowest BCUT2D eigenvalue weighted by Crippen LogP contribution is -2.40. The quantitative estimate of drug-likeness (QED) is 0.660. The molecule has 2 aromatic rings. The van der Waals surface area contributed by atoms with Crippen LogP contribution in [0.15, 0.2) is 36.4 Å². The molecule has 2 amide bonds. The lowest BCUT2D eigenvalue weighted by atomic mass is 9.97. The van der Waals surface area contributed by atoms with Crippen molar-refractivity contribution in [2.75, 3.05) is 25.0 Å². The molecule has 0 spiro atoms. The number of ether oxygens (including phenoxy) is 1. The van der Waals surface area contributed by atoms with Gasteiger partial charge in [-0.25, -0.2) is 9.78 Å². The number of rotatable bonds is 7. The second-order valence-electron chi connectivity index (χ2n) is 7.68. The first kappa shape index (κ1) is 22.4. The summed E-state index contributed by atoms with van der Waals surface area (Å²) in [6.07, 6.45) is 1.81. The number of carbonyl (C=O) groups is 3. The zero-order chi connectivity index (χ0) is 22.4. The number of nitrogens with zero attached hydrogens (tertiary/aromatic N) is 2. The van der Waals surface area contributed by atoms with Gasteiger partial charge in [0.1, 0.15) is 5.69 Å². The van der Waals surface area contributed by atoms with Crippen LogP contribution in [0.5, 0.6) is 0 Å². The molecule has 0 bridgehead atoms. The molecule has 0 radical (unpaired) electrons. The molecule has 1 aromatic carbocycles. The average Bonchev–Trinajstić information content (AvgIpc) is 2.75. The third-order valence-corrected chi connectivity index (χ3v) is 5.34. The van der Waals surface area contributed by atoms with Crippen LogP contribution in [0, 0.1) is 12.8 Å². The van der Waals surface area contributed by atoms with E-state index in [1.165, 1.54) is 6.07 Å². The molecule has 1 aliphatic heterocycles. The van der Waals surface area contributed by atoms with Crippen LogP contribution in [-0.2, 0) is 16.1 Å². The van der Waals surface area contributed by atoms with Crippen molar-refractivity contribution in [1.82, 2.24) is 9.88 Å². The lowest BCUT2D eigenvalue weighted by Gasteiger charge is -2.31. The number of benzene rings is 1. The van der Waals surface area contributed by atoms with Gasteiger partial charge < -0.3 is 15.8 Å². The van der Waals surface area contributed by atoms with E-state index < -0.39 is 5.97 Å². The summed E-state index contributed by atoms with van der Waals surface area (Å²) in [4.78, 5) is 42.3. The highest BCUT2D eigenvalue weighted by Gasteiger charge is 2.23. The van der Waals surface area contributed by atoms with Crippen molar-refractivity contribution in [2.45, 2.75) is 33.2 Å². The third-order valence-electron chi connectivity index (χ3n) is 5.34. The first-order valence-electron chi connectivity index (χ1n) is 10.4. The number of likely N-dealkylation sites (tertiary alicyclic amines) is 1. The summed E-state index contributed by atoms with van der Waals surface area (Å²) in [5.41, 5.74) is 8.20. The minimum absolute atomic E-state index is 0.0847. The Hall–Kier alpha value is -3.26. The van der Waals surface area contributed by atoms with E-state index in [9.17, 15) is 14.4 Å². The fraction of sp³-hybridized carbons (Fsp3) is 0.391. The van der Waals surface area contributed by atoms with Gasteiger partial charge in [0.25, 0.3) is 5.91 Å². The molecular formula is C23H28N4O4. The number of carbonyl (C=O) groups excluding carboxylic acids is 3. The molecule has 1 fully saturated rings. The van der Waals surface area contributed by atoms with E-state index in [4.69, 9.17) is 10.5 Å². The van der Waals surface area contributed by atoms with E-state index >= 15 is 0 Å². The predicted molar refractivity (Wildman–Crippen MR) is 117 cm³/mol. The number of piperidine rings is 1. The minimum atomic E-state index is -0.453. The molecular weight excluding hydrogens is 396 g/mol. The molecule has 1 saturated heterocycles. The van der Waals surface area contributed by atoms with Crippen molar-refractivity contribution in [1.29, 1.82) is 0 Å². The van der Waals surface area contributed by atoms with Gasteiger partial charge in [0, 0.05) is 18.8 Å². The summed E-state index contributed by atoms with van der Waals surface area (Å²) in [6.45, 7) is 6.03. The Labute approximate surface area is 181 Å². The highest BCUT2D eigenvalue weighted by atomic mass is 16.5. The standard InChI is InChI=1S/C23H28N4O4/c1-3-31-23(30)19-10-11-20(25-15(19)2)22(29)26-18-8-6-16(7-9-18)13-27-12-4-5-17(14-27)21(24)28/h6-11,17H,3-5,12-14H2,1-2H3,(H2,24,28)(H,26,29). The van der Waals surface area contributed by atoms with Gasteiger partial charge in [-0.15, -0.1) is 0 Å². The number of hydrogen-bond acceptors (Lipinski definition) is 6. The summed E-state index contributed by atoms with van der Waals surface area (Å²) in [6, 6.07) is 10.6. The fourth-order valence-electron chi connectivity index (χ4n) is 3.69. The fourth-order valence-corrected chi connectivity index (χ4v) is 3.69. The number of pyridine rings is 1. The van der Waals surface area contributed by atoms with Gasteiger partial charge in [0.15, 0.2) is 0 Å². The first-order chi connectivity index (χ1) is 14.9. The maximum Gasteiger partial charge on any atom is 0.339 e. The number of aromatic nitrogens is 1. The number of hydrogen-bond donors (Lipinski definition) is 2. The highest BCUT2D eigenvalue weighted by Crippen LogP contribution is 2.19. The molecule has 164 valence electrons. The molecule has 31 heavy (non-hydrogen) atoms. The summed E-state index contributed by atoms with van der Waals surface area (Å²) in [7, 11) is 0. The van der Waals surface area contributed by atoms with Crippen molar-refractivity contribution in [2.24, 2.45) is 11.7 Å². The summed E-state index contributed by atoms with van der Waals surface area (Å²) in [5, 5.41) is 2.82. The summed E-state index contributed by atoms with van der Waals surface area (Å²) >= 11 is 0. The monoisotopic (exact) mass is 424 g/mol.